The largest absolute Gasteiger partial charge is 0.458 e. The lowest BCUT2D eigenvalue weighted by atomic mass is 10.0. The first-order valence-corrected chi connectivity index (χ1v) is 9.78. The molecule has 0 saturated heterocycles. The molecule has 0 saturated carbocycles. The van der Waals surface area contributed by atoms with Gasteiger partial charge < -0.3 is 10.1 Å². The molecule has 0 aromatic heterocycles. The fourth-order valence-electron chi connectivity index (χ4n) is 3.14. The van der Waals surface area contributed by atoms with Gasteiger partial charge in [0.15, 0.2) is 0 Å². The Kier molecular flexibility index (Phi) is 7.11. The zero-order valence-electron chi connectivity index (χ0n) is 16.9. The molecule has 0 bridgehead atoms. The van der Waals surface area contributed by atoms with E-state index in [0.717, 1.165) is 5.56 Å². The molecule has 0 heterocycles. The Bertz CT molecular complexity index is 1050. The van der Waals surface area contributed by atoms with Gasteiger partial charge >= 0.3 is 5.97 Å². The van der Waals surface area contributed by atoms with Crippen LogP contribution in [-0.4, -0.2) is 16.8 Å². The van der Waals surface area contributed by atoms with Gasteiger partial charge in [-0.2, -0.15) is 0 Å². The molecule has 0 unspecified atom stereocenters. The fraction of sp³-hybridized carbons (Fsp3) is 0.167. The number of hydrogen-bond acceptors (Lipinski definition) is 5. The summed E-state index contributed by atoms with van der Waals surface area (Å²) in [6.45, 7) is 1.65. The van der Waals surface area contributed by atoms with Crippen molar-refractivity contribution in [3.05, 3.63) is 112 Å². The molecule has 1 amide bonds. The highest BCUT2D eigenvalue weighted by molar-refractivity contribution is 5.94. The zero-order valence-corrected chi connectivity index (χ0v) is 16.9. The van der Waals surface area contributed by atoms with Crippen LogP contribution in [0.5, 0.6) is 0 Å². The Morgan fingerprint density at radius 2 is 1.55 bits per heavy atom. The number of nitro groups is 1. The van der Waals surface area contributed by atoms with Crippen molar-refractivity contribution in [2.24, 2.45) is 0 Å². The Morgan fingerprint density at radius 1 is 0.935 bits per heavy atom. The van der Waals surface area contributed by atoms with Gasteiger partial charge in [-0.05, 0) is 30.2 Å². The number of carbonyl (C=O) groups excluding carboxylic acids is 2. The van der Waals surface area contributed by atoms with Crippen molar-refractivity contribution in [3.63, 3.8) is 0 Å². The van der Waals surface area contributed by atoms with E-state index in [0.29, 0.717) is 11.1 Å². The Balaban J connectivity index is 1.71. The zero-order chi connectivity index (χ0) is 22.2. The molecule has 0 aliphatic carbocycles. The van der Waals surface area contributed by atoms with Crippen molar-refractivity contribution in [3.8, 4) is 0 Å². The van der Waals surface area contributed by atoms with E-state index < -0.39 is 23.0 Å². The number of hydrogen-bond donors (Lipinski definition) is 1. The predicted octanol–water partition coefficient (Wildman–Crippen LogP) is 4.76. The molecule has 0 radical (unpaired) electrons. The fourth-order valence-corrected chi connectivity index (χ4v) is 3.14. The summed E-state index contributed by atoms with van der Waals surface area (Å²) in [6, 6.07) is 23.3. The van der Waals surface area contributed by atoms with Gasteiger partial charge in [0, 0.05) is 17.7 Å². The normalized spacial score (nSPS) is 12.4. The second-order valence-electron chi connectivity index (χ2n) is 6.99. The Morgan fingerprint density at radius 3 is 2.19 bits per heavy atom. The molecule has 7 heteroatoms. The SMILES string of the molecule is C[C@H](OC(=O)C[C@@H](NC(=O)c1ccccc1)c1ccccc1)c1cccc([N+](=O)[O-])c1. The summed E-state index contributed by atoms with van der Waals surface area (Å²) in [4.78, 5) is 35.7. The van der Waals surface area contributed by atoms with Gasteiger partial charge in [-0.25, -0.2) is 0 Å². The van der Waals surface area contributed by atoms with Crippen LogP contribution in [0.2, 0.25) is 0 Å². The average Bonchev–Trinajstić information content (AvgIpc) is 2.79. The summed E-state index contributed by atoms with van der Waals surface area (Å²) in [6.07, 6.45) is -0.754. The maximum Gasteiger partial charge on any atom is 0.308 e. The van der Waals surface area contributed by atoms with E-state index in [-0.39, 0.29) is 18.0 Å². The summed E-state index contributed by atoms with van der Waals surface area (Å²) in [5.74, 6) is -0.824. The number of non-ortho nitro benzene ring substituents is 1. The second kappa shape index (κ2) is 10.2. The van der Waals surface area contributed by atoms with E-state index >= 15 is 0 Å². The van der Waals surface area contributed by atoms with Crippen molar-refractivity contribution in [2.75, 3.05) is 0 Å². The first-order chi connectivity index (χ1) is 14.9. The summed E-state index contributed by atoms with van der Waals surface area (Å²) < 4.78 is 5.50. The molecule has 2 atom stereocenters. The van der Waals surface area contributed by atoms with Crippen LogP contribution < -0.4 is 5.32 Å². The van der Waals surface area contributed by atoms with Gasteiger partial charge in [0.25, 0.3) is 11.6 Å². The average molecular weight is 418 g/mol. The molecule has 7 nitrogen and oxygen atoms in total. The van der Waals surface area contributed by atoms with Crippen LogP contribution in [0.15, 0.2) is 84.9 Å². The molecule has 3 aromatic rings. The summed E-state index contributed by atoms with van der Waals surface area (Å²) in [5.41, 5.74) is 1.71. The van der Waals surface area contributed by atoms with E-state index in [1.807, 2.05) is 36.4 Å². The number of amides is 1. The quantitative estimate of drug-likeness (QED) is 0.323. The van der Waals surface area contributed by atoms with Crippen LogP contribution in [0.1, 0.15) is 47.0 Å². The molecule has 3 aromatic carbocycles. The molecule has 0 aliphatic rings. The first kappa shape index (κ1) is 21.7. The maximum absolute atomic E-state index is 12.6. The molecule has 0 spiro atoms. The number of nitrogens with zero attached hydrogens (tertiary/aromatic N) is 1. The van der Waals surface area contributed by atoms with Crippen LogP contribution >= 0.6 is 0 Å². The second-order valence-corrected chi connectivity index (χ2v) is 6.99. The van der Waals surface area contributed by atoms with E-state index in [4.69, 9.17) is 4.74 Å². The summed E-state index contributed by atoms with van der Waals surface area (Å²) in [7, 11) is 0. The number of esters is 1. The minimum Gasteiger partial charge on any atom is -0.458 e. The predicted molar refractivity (Wildman–Crippen MR) is 115 cm³/mol. The third kappa shape index (κ3) is 5.99. The molecule has 31 heavy (non-hydrogen) atoms. The van der Waals surface area contributed by atoms with Crippen molar-refractivity contribution < 1.29 is 19.2 Å². The van der Waals surface area contributed by atoms with Crippen LogP contribution in [0.3, 0.4) is 0 Å². The number of nitrogens with one attached hydrogen (secondary N) is 1. The highest BCUT2D eigenvalue weighted by Crippen LogP contribution is 2.24. The van der Waals surface area contributed by atoms with Crippen molar-refractivity contribution in [2.45, 2.75) is 25.5 Å². The Labute approximate surface area is 179 Å². The smallest absolute Gasteiger partial charge is 0.308 e. The van der Waals surface area contributed by atoms with Crippen LogP contribution in [0, 0.1) is 10.1 Å². The Hall–Kier alpha value is -4.00. The lowest BCUT2D eigenvalue weighted by molar-refractivity contribution is -0.385. The van der Waals surface area contributed by atoms with E-state index in [1.54, 1.807) is 43.3 Å². The number of ether oxygens (including phenoxy) is 1. The number of carbonyl (C=O) groups is 2. The van der Waals surface area contributed by atoms with Gasteiger partial charge in [0.05, 0.1) is 17.4 Å². The van der Waals surface area contributed by atoms with Crippen LogP contribution in [-0.2, 0) is 9.53 Å². The molecule has 158 valence electrons. The van der Waals surface area contributed by atoms with E-state index in [9.17, 15) is 19.7 Å². The topological polar surface area (TPSA) is 98.5 Å². The van der Waals surface area contributed by atoms with Crippen LogP contribution in [0.4, 0.5) is 5.69 Å². The minimum absolute atomic E-state index is 0.0716. The third-order valence-electron chi connectivity index (χ3n) is 4.77. The van der Waals surface area contributed by atoms with Crippen molar-refractivity contribution in [1.82, 2.24) is 5.32 Å². The summed E-state index contributed by atoms with van der Waals surface area (Å²) in [5, 5.41) is 13.9. The highest BCUT2D eigenvalue weighted by atomic mass is 16.6. The number of nitro benzene ring substituents is 1. The lowest BCUT2D eigenvalue weighted by Gasteiger charge is -2.20. The third-order valence-corrected chi connectivity index (χ3v) is 4.77. The van der Waals surface area contributed by atoms with Gasteiger partial charge in [0.2, 0.25) is 0 Å². The molecule has 0 aliphatic heterocycles. The monoisotopic (exact) mass is 418 g/mol. The maximum atomic E-state index is 12.6. The van der Waals surface area contributed by atoms with Gasteiger partial charge in [-0.1, -0.05) is 60.7 Å². The lowest BCUT2D eigenvalue weighted by Crippen LogP contribution is -2.30. The van der Waals surface area contributed by atoms with Crippen molar-refractivity contribution >= 4 is 17.6 Å². The molecular weight excluding hydrogens is 396 g/mol. The minimum atomic E-state index is -0.673. The van der Waals surface area contributed by atoms with Gasteiger partial charge in [0.1, 0.15) is 6.10 Å². The molecular formula is C24H22N2O5. The molecule has 0 fully saturated rings. The van der Waals surface area contributed by atoms with Gasteiger partial charge in [-0.15, -0.1) is 0 Å². The molecule has 1 N–H and O–H groups in total. The number of rotatable bonds is 8. The van der Waals surface area contributed by atoms with Gasteiger partial charge in [-0.3, -0.25) is 19.7 Å². The number of benzene rings is 3. The van der Waals surface area contributed by atoms with E-state index in [1.165, 1.54) is 12.1 Å². The summed E-state index contributed by atoms with van der Waals surface area (Å²) >= 11 is 0. The van der Waals surface area contributed by atoms with Crippen molar-refractivity contribution in [1.29, 1.82) is 0 Å². The van der Waals surface area contributed by atoms with Crippen LogP contribution in [0.25, 0.3) is 0 Å². The molecule has 3 rings (SSSR count). The standard InChI is InChI=1S/C24H22N2O5/c1-17(20-13-8-14-21(15-20)26(29)30)31-23(27)16-22(18-9-4-2-5-10-18)25-24(28)19-11-6-3-7-12-19/h2-15,17,22H,16H2,1H3,(H,25,28)/t17-,22+/m0/s1. The van der Waals surface area contributed by atoms with E-state index in [2.05, 4.69) is 5.32 Å². The highest BCUT2D eigenvalue weighted by Gasteiger charge is 2.22. The first-order valence-electron chi connectivity index (χ1n) is 9.78.